The Kier molecular flexibility index (Phi) is 28.7. The van der Waals surface area contributed by atoms with Crippen molar-refractivity contribution >= 4 is 71.1 Å². The molecule has 2 aliphatic rings. The molecule has 2 heterocycles. The molecule has 0 saturated carbocycles. The average Bonchev–Trinajstić information content (AvgIpc) is 0.851. The van der Waals surface area contributed by atoms with E-state index in [-0.39, 0.29) is 93.7 Å². The van der Waals surface area contributed by atoms with Crippen LogP contribution in [0.25, 0.3) is 0 Å². The summed E-state index contributed by atoms with van der Waals surface area (Å²) >= 11 is 0. The Morgan fingerprint density at radius 1 is 0.574 bits per heavy atom. The lowest BCUT2D eigenvalue weighted by atomic mass is 9.87. The number of amides is 4. The van der Waals surface area contributed by atoms with Crippen molar-refractivity contribution in [2.75, 3.05) is 52.3 Å². The number of aromatic hydroxyl groups is 4. The molecule has 0 spiro atoms. The Labute approximate surface area is 546 Å². The largest absolute Gasteiger partial charge is 0.506 e. The van der Waals surface area contributed by atoms with Crippen LogP contribution in [0.15, 0.2) is 117 Å². The molecule has 0 aliphatic carbocycles. The molecule has 12 N–H and O–H groups in total. The van der Waals surface area contributed by atoms with Gasteiger partial charge in [0, 0.05) is 87.1 Å². The Morgan fingerprint density at radius 3 is 1.24 bits per heavy atom. The summed E-state index contributed by atoms with van der Waals surface area (Å²) in [4.78, 5) is 86.2. The highest BCUT2D eigenvalue weighted by atomic mass is 16.6. The number of phenolic OH excluding ortho intramolecular Hbond substituents is 4. The van der Waals surface area contributed by atoms with E-state index in [2.05, 4.69) is 20.6 Å². The summed E-state index contributed by atoms with van der Waals surface area (Å²) in [5, 5.41) is 74.6. The summed E-state index contributed by atoms with van der Waals surface area (Å²) in [6, 6.07) is 7.54. The summed E-state index contributed by atoms with van der Waals surface area (Å²) in [5.74, 6) is -6.48. The molecule has 94 heavy (non-hydrogen) atoms. The number of esters is 2. The first kappa shape index (κ1) is 75.5. The van der Waals surface area contributed by atoms with Crippen LogP contribution in [0.1, 0.15) is 100 Å². The molecule has 0 saturated heterocycles. The maximum Gasteiger partial charge on any atom is 0.405 e. The number of fused-ring (bicyclic) bond motifs is 4. The smallest absolute Gasteiger partial charge is 0.405 e. The van der Waals surface area contributed by atoms with Crippen LogP contribution in [0.2, 0.25) is 0 Å². The fourth-order valence-corrected chi connectivity index (χ4v) is 10.9. The van der Waals surface area contributed by atoms with E-state index in [4.69, 9.17) is 49.4 Å². The molecule has 0 unspecified atom stereocenters. The van der Waals surface area contributed by atoms with Crippen LogP contribution in [-0.2, 0) is 60.3 Å². The van der Waals surface area contributed by atoms with E-state index >= 15 is 0 Å². The lowest BCUT2D eigenvalue weighted by Gasteiger charge is -2.29. The SMILES string of the molecule is CO[C@H]1C=CC=C(C)C(=O)Nc2cc(O)c(N=CCOC(=O)c3ccc(C(=O)OCC=Nc4c(O)cc5c(O)c4C[C@@H](C)C[C@H](OC)[C@H](O)[C@@H](C)C=C(C)[C@H](OC(N)=O)[C@@H](OC)C=CC=C(C)C(=O)N5)cc3)c(c2O)C[C@@H](C)C[C@H](OC)[C@H](O)[C@@H](C)C=C(C)[C@@H]1OC(N)=O. The van der Waals surface area contributed by atoms with Crippen LogP contribution in [0.4, 0.5) is 32.3 Å². The van der Waals surface area contributed by atoms with Crippen LogP contribution < -0.4 is 22.1 Å². The number of allylic oxidation sites excluding steroid dienone is 4. The number of hydrogen-bond acceptors (Lipinski definition) is 22. The normalized spacial score (nSPS) is 24.9. The summed E-state index contributed by atoms with van der Waals surface area (Å²) in [7, 11) is 5.68. The van der Waals surface area contributed by atoms with E-state index in [1.807, 2.05) is 13.8 Å². The van der Waals surface area contributed by atoms with E-state index in [0.29, 0.717) is 11.1 Å². The van der Waals surface area contributed by atoms with Gasteiger partial charge in [0.1, 0.15) is 59.8 Å². The molecule has 0 aromatic heterocycles. The van der Waals surface area contributed by atoms with E-state index < -0.39 is 133 Å². The predicted octanol–water partition coefficient (Wildman–Crippen LogP) is 8.55. The number of methoxy groups -OCH3 is 4. The molecule has 4 amide bonds. The number of aliphatic imine (C=N–C) groups is 2. The van der Waals surface area contributed by atoms with Gasteiger partial charge in [0.2, 0.25) is 0 Å². The third kappa shape index (κ3) is 20.9. The average molecular weight is 1310 g/mol. The highest BCUT2D eigenvalue weighted by molar-refractivity contribution is 6.06. The molecule has 510 valence electrons. The number of primary amides is 2. The van der Waals surface area contributed by atoms with Gasteiger partial charge in [-0.3, -0.25) is 19.6 Å². The molecule has 26 heteroatoms. The minimum atomic E-state index is -1.09. The fourth-order valence-electron chi connectivity index (χ4n) is 10.9. The van der Waals surface area contributed by atoms with Crippen molar-refractivity contribution in [3.8, 4) is 23.0 Å². The molecule has 12 atom stereocenters. The molecule has 4 bridgehead atoms. The minimum Gasteiger partial charge on any atom is -0.506 e. The number of aliphatic hydroxyl groups is 2. The van der Waals surface area contributed by atoms with Crippen molar-refractivity contribution < 1.29 is 97.3 Å². The number of nitrogens with zero attached hydrogens (tertiary/aromatic N) is 2. The second kappa shape index (κ2) is 35.7. The lowest BCUT2D eigenvalue weighted by molar-refractivity contribution is -0.113. The van der Waals surface area contributed by atoms with Crippen LogP contribution in [0.5, 0.6) is 23.0 Å². The molecule has 3 aromatic carbocycles. The quantitative estimate of drug-likeness (QED) is 0.0180. The number of anilines is 2. The standard InChI is InChI=1S/C68H88N6O20/c1-35-27-45-55(49(75)33-47(59(45)79)73-63(81)37(3)15-13-17-51(87-9)61(93-67(69)85)41(7)31-39(5)57(77)53(29-35)89-11)71-23-25-91-65(83)43-19-21-44(22-20-43)66(84)92-26-24-72-56-46-28-36(2)30-54(90-12)58(78)40(6)32-42(8)62(94-68(70)86)52(88-10)18-14-16-38(4)64(82)74-48(60(46)80)34-50(56)76/h13-24,31-36,39-40,51-54,57-58,61-62,75-80H,25-30H2,1-12H3,(H2,69,85)(H2,70,86)(H,73,81)(H,74,82)/t35-,36-,39+,40+,51+,52+,53+,54+,57-,58-,61+,62+/m1/s1. The molecule has 3 aromatic rings. The number of nitrogens with one attached hydrogen (secondary N) is 2. The molecular formula is C68H88N6O20. The van der Waals surface area contributed by atoms with Crippen molar-refractivity contribution in [2.24, 2.45) is 45.1 Å². The number of aliphatic hydroxyl groups excluding tert-OH is 2. The molecular weight excluding hydrogens is 1220 g/mol. The third-order valence-electron chi connectivity index (χ3n) is 16.0. The van der Waals surface area contributed by atoms with Gasteiger partial charge in [0.15, 0.2) is 12.2 Å². The van der Waals surface area contributed by atoms with Crippen LogP contribution >= 0.6 is 0 Å². The second-order valence-electron chi connectivity index (χ2n) is 23.3. The van der Waals surface area contributed by atoms with Gasteiger partial charge in [-0.05, 0) is 101 Å². The second-order valence-corrected chi connectivity index (χ2v) is 23.3. The number of carbonyl (C=O) groups is 6. The molecule has 26 nitrogen and oxygen atoms in total. The van der Waals surface area contributed by atoms with Crippen molar-refractivity contribution in [3.63, 3.8) is 0 Å². The van der Waals surface area contributed by atoms with Gasteiger partial charge in [-0.2, -0.15) is 0 Å². The van der Waals surface area contributed by atoms with Crippen molar-refractivity contribution in [3.05, 3.63) is 130 Å². The van der Waals surface area contributed by atoms with Gasteiger partial charge in [0.05, 0.1) is 46.9 Å². The van der Waals surface area contributed by atoms with Gasteiger partial charge in [-0.25, -0.2) is 19.2 Å². The molecule has 2 aliphatic heterocycles. The summed E-state index contributed by atoms with van der Waals surface area (Å²) in [6.45, 7) is 12.7. The monoisotopic (exact) mass is 1310 g/mol. The van der Waals surface area contributed by atoms with E-state index in [9.17, 15) is 59.4 Å². The summed E-state index contributed by atoms with van der Waals surface area (Å²) < 4.78 is 44.5. The van der Waals surface area contributed by atoms with Crippen molar-refractivity contribution in [2.45, 2.75) is 130 Å². The van der Waals surface area contributed by atoms with Gasteiger partial charge in [0.25, 0.3) is 11.8 Å². The van der Waals surface area contributed by atoms with Crippen molar-refractivity contribution in [1.29, 1.82) is 0 Å². The Morgan fingerprint density at radius 2 is 0.926 bits per heavy atom. The number of phenols is 4. The molecule has 5 rings (SSSR count). The molecule has 0 fully saturated rings. The van der Waals surface area contributed by atoms with Gasteiger partial charge < -0.3 is 90.6 Å². The zero-order valence-corrected chi connectivity index (χ0v) is 54.9. The first-order valence-electron chi connectivity index (χ1n) is 30.3. The van der Waals surface area contributed by atoms with E-state index in [1.54, 1.807) is 52.0 Å². The number of carbonyl (C=O) groups excluding carboxylic acids is 6. The maximum absolute atomic E-state index is 13.5. The van der Waals surface area contributed by atoms with Crippen molar-refractivity contribution in [1.82, 2.24) is 0 Å². The Bertz CT molecular complexity index is 3220. The Hall–Kier alpha value is -9.18. The highest BCUT2D eigenvalue weighted by Gasteiger charge is 2.33. The number of hydrogen-bond donors (Lipinski definition) is 10. The lowest BCUT2D eigenvalue weighted by Crippen LogP contribution is -2.37. The van der Waals surface area contributed by atoms with Gasteiger partial charge in [-0.1, -0.05) is 76.3 Å². The number of rotatable bonds is 14. The first-order chi connectivity index (χ1) is 44.5. The van der Waals surface area contributed by atoms with Gasteiger partial charge >= 0.3 is 24.1 Å². The molecule has 0 radical (unpaired) electrons. The predicted molar refractivity (Wildman–Crippen MR) is 351 cm³/mol. The number of benzene rings is 3. The fraction of sp³-hybridized carbons (Fsp3) is 0.441. The van der Waals surface area contributed by atoms with Crippen LogP contribution in [0, 0.1) is 23.7 Å². The topological polar surface area (TPSA) is 398 Å². The maximum atomic E-state index is 13.5. The van der Waals surface area contributed by atoms with Crippen LogP contribution in [0.3, 0.4) is 0 Å². The zero-order valence-electron chi connectivity index (χ0n) is 54.9. The third-order valence-corrected chi connectivity index (χ3v) is 16.0. The summed E-state index contributed by atoms with van der Waals surface area (Å²) in [5.41, 5.74) is 12.1. The number of nitrogens with two attached hydrogens (primary N) is 2. The minimum absolute atomic E-state index is 0.0386. The Balaban J connectivity index is 1.32. The summed E-state index contributed by atoms with van der Waals surface area (Å²) in [6.07, 6.45) is 5.85. The highest BCUT2D eigenvalue weighted by Crippen LogP contribution is 2.46. The van der Waals surface area contributed by atoms with E-state index in [0.717, 1.165) is 12.1 Å². The number of ether oxygens (including phenoxy) is 8. The van der Waals surface area contributed by atoms with Gasteiger partial charge in [-0.15, -0.1) is 0 Å². The first-order valence-corrected chi connectivity index (χ1v) is 30.3. The zero-order chi connectivity index (χ0) is 69.7. The van der Waals surface area contributed by atoms with E-state index in [1.165, 1.54) is 103 Å². The van der Waals surface area contributed by atoms with Crippen LogP contribution in [-0.4, -0.2) is 169 Å².